The Morgan fingerprint density at radius 3 is 2.69 bits per heavy atom. The maximum atomic E-state index is 6.48. The molecule has 0 aromatic carbocycles. The largest absolute Gasteiger partial charge is 0.351 e. The van der Waals surface area contributed by atoms with Gasteiger partial charge in [-0.25, -0.2) is 15.0 Å². The molecule has 0 saturated heterocycles. The van der Waals surface area contributed by atoms with Crippen molar-refractivity contribution >= 4 is 17.5 Å². The fourth-order valence-electron chi connectivity index (χ4n) is 4.31. The van der Waals surface area contributed by atoms with Crippen LogP contribution in [0.15, 0.2) is 31.1 Å². The third-order valence-electron chi connectivity index (χ3n) is 6.22. The molecule has 5 rings (SSSR count). The molecule has 0 bridgehead atoms. The Balaban J connectivity index is 1.30. The Hall–Kier alpha value is -2.41. The van der Waals surface area contributed by atoms with Crippen LogP contribution in [-0.4, -0.2) is 35.3 Å². The number of halogens is 1. The van der Waals surface area contributed by atoms with Crippen molar-refractivity contribution in [2.75, 3.05) is 5.32 Å². The standard InChI is InChI=1S/C21H26ClN7/c1-28-19(10-14-2-3-14)17(11-25-28)20-18(22)12-24-21(27-20)26-15-4-6-16(7-5-15)29-9-8-23-13-29/h8-9,11-16H,2-7,10H2,1H3,(H,24,26,27)/t15-,16-. The highest BCUT2D eigenvalue weighted by molar-refractivity contribution is 6.32. The molecule has 7 nitrogen and oxygen atoms in total. The second kappa shape index (κ2) is 7.78. The van der Waals surface area contributed by atoms with Crippen molar-refractivity contribution in [2.45, 2.75) is 57.0 Å². The predicted octanol–water partition coefficient (Wildman–Crippen LogP) is 4.28. The summed E-state index contributed by atoms with van der Waals surface area (Å²) >= 11 is 6.48. The zero-order chi connectivity index (χ0) is 19.8. The lowest BCUT2D eigenvalue weighted by Gasteiger charge is -2.29. The van der Waals surface area contributed by atoms with Crippen LogP contribution in [0.25, 0.3) is 11.3 Å². The zero-order valence-corrected chi connectivity index (χ0v) is 17.4. The zero-order valence-electron chi connectivity index (χ0n) is 16.6. The van der Waals surface area contributed by atoms with Gasteiger partial charge in [-0.05, 0) is 50.9 Å². The minimum Gasteiger partial charge on any atom is -0.351 e. The van der Waals surface area contributed by atoms with Gasteiger partial charge >= 0.3 is 0 Å². The van der Waals surface area contributed by atoms with Crippen LogP contribution in [-0.2, 0) is 13.5 Å². The third-order valence-corrected chi connectivity index (χ3v) is 6.49. The number of anilines is 1. The smallest absolute Gasteiger partial charge is 0.223 e. The molecular formula is C21H26ClN7. The van der Waals surface area contributed by atoms with Crippen LogP contribution in [0.3, 0.4) is 0 Å². The molecule has 2 saturated carbocycles. The molecule has 2 fully saturated rings. The molecule has 0 amide bonds. The molecule has 152 valence electrons. The Labute approximate surface area is 175 Å². The van der Waals surface area contributed by atoms with Gasteiger partial charge in [0.05, 0.1) is 29.4 Å². The minimum absolute atomic E-state index is 0.378. The van der Waals surface area contributed by atoms with Gasteiger partial charge in [-0.2, -0.15) is 5.10 Å². The van der Waals surface area contributed by atoms with Crippen molar-refractivity contribution in [3.63, 3.8) is 0 Å². The molecule has 0 spiro atoms. The third kappa shape index (κ3) is 4.01. The van der Waals surface area contributed by atoms with E-state index in [0.29, 0.717) is 23.1 Å². The van der Waals surface area contributed by atoms with E-state index in [1.54, 1.807) is 6.20 Å². The van der Waals surface area contributed by atoms with Crippen LogP contribution in [0.1, 0.15) is 50.3 Å². The fourth-order valence-corrected chi connectivity index (χ4v) is 4.50. The first-order valence-electron chi connectivity index (χ1n) is 10.4. The Morgan fingerprint density at radius 2 is 1.97 bits per heavy atom. The van der Waals surface area contributed by atoms with Crippen molar-refractivity contribution in [3.05, 3.63) is 41.8 Å². The van der Waals surface area contributed by atoms with Crippen LogP contribution in [0.5, 0.6) is 0 Å². The molecule has 29 heavy (non-hydrogen) atoms. The van der Waals surface area contributed by atoms with E-state index in [1.807, 2.05) is 30.5 Å². The van der Waals surface area contributed by atoms with Crippen LogP contribution >= 0.6 is 11.6 Å². The Bertz CT molecular complexity index is 969. The molecule has 0 unspecified atom stereocenters. The maximum absolute atomic E-state index is 6.48. The number of nitrogens with zero attached hydrogens (tertiary/aromatic N) is 6. The minimum atomic E-state index is 0.378. The summed E-state index contributed by atoms with van der Waals surface area (Å²) in [6, 6.07) is 0.918. The normalized spacial score (nSPS) is 22.0. The highest BCUT2D eigenvalue weighted by atomic mass is 35.5. The lowest BCUT2D eigenvalue weighted by Crippen LogP contribution is -2.28. The Morgan fingerprint density at radius 1 is 1.14 bits per heavy atom. The second-order valence-corrected chi connectivity index (χ2v) is 8.73. The topological polar surface area (TPSA) is 73.5 Å². The number of aromatic nitrogens is 6. The number of hydrogen-bond acceptors (Lipinski definition) is 5. The van der Waals surface area contributed by atoms with Gasteiger partial charge in [-0.3, -0.25) is 4.68 Å². The number of hydrogen-bond donors (Lipinski definition) is 1. The van der Waals surface area contributed by atoms with E-state index in [-0.39, 0.29) is 0 Å². The number of imidazole rings is 1. The Kier molecular flexibility index (Phi) is 4.99. The summed E-state index contributed by atoms with van der Waals surface area (Å²) in [4.78, 5) is 13.4. The summed E-state index contributed by atoms with van der Waals surface area (Å²) in [5.74, 6) is 1.42. The van der Waals surface area contributed by atoms with Gasteiger partial charge in [0.2, 0.25) is 5.95 Å². The van der Waals surface area contributed by atoms with Crippen LogP contribution < -0.4 is 5.32 Å². The van der Waals surface area contributed by atoms with Gasteiger partial charge < -0.3 is 9.88 Å². The van der Waals surface area contributed by atoms with Gasteiger partial charge in [0.1, 0.15) is 0 Å². The predicted molar refractivity (Wildman–Crippen MR) is 113 cm³/mol. The maximum Gasteiger partial charge on any atom is 0.223 e. The average molecular weight is 412 g/mol. The highest BCUT2D eigenvalue weighted by Crippen LogP contribution is 2.37. The second-order valence-electron chi connectivity index (χ2n) is 8.33. The fraction of sp³-hybridized carbons (Fsp3) is 0.524. The van der Waals surface area contributed by atoms with E-state index < -0.39 is 0 Å². The number of aryl methyl sites for hydroxylation is 1. The molecule has 8 heteroatoms. The van der Waals surface area contributed by atoms with Crippen LogP contribution in [0, 0.1) is 5.92 Å². The first-order chi connectivity index (χ1) is 14.2. The molecule has 2 aliphatic carbocycles. The molecule has 0 radical (unpaired) electrons. The lowest BCUT2D eigenvalue weighted by molar-refractivity contribution is 0.333. The summed E-state index contributed by atoms with van der Waals surface area (Å²) in [6.07, 6.45) is 17.5. The summed E-state index contributed by atoms with van der Waals surface area (Å²) in [7, 11) is 1.99. The quantitative estimate of drug-likeness (QED) is 0.655. The van der Waals surface area contributed by atoms with Gasteiger partial charge in [0.25, 0.3) is 0 Å². The molecular weight excluding hydrogens is 386 g/mol. The summed E-state index contributed by atoms with van der Waals surface area (Å²) in [5, 5.41) is 8.57. The van der Waals surface area contributed by atoms with E-state index in [2.05, 4.69) is 31.1 Å². The number of nitrogens with one attached hydrogen (secondary N) is 1. The molecule has 1 N–H and O–H groups in total. The van der Waals surface area contributed by atoms with E-state index in [9.17, 15) is 0 Å². The molecule has 3 aromatic rings. The molecule has 0 atom stereocenters. The van der Waals surface area contributed by atoms with E-state index in [4.69, 9.17) is 16.6 Å². The van der Waals surface area contributed by atoms with Gasteiger partial charge in [-0.15, -0.1) is 0 Å². The number of rotatable bonds is 6. The first kappa shape index (κ1) is 18.6. The molecule has 3 heterocycles. The summed E-state index contributed by atoms with van der Waals surface area (Å²) in [5.41, 5.74) is 3.01. The van der Waals surface area contributed by atoms with Gasteiger partial charge in [0, 0.05) is 42.8 Å². The average Bonchev–Trinajstić information content (AvgIpc) is 3.24. The molecule has 2 aliphatic rings. The van der Waals surface area contributed by atoms with E-state index in [0.717, 1.165) is 49.3 Å². The van der Waals surface area contributed by atoms with Crippen molar-refractivity contribution in [3.8, 4) is 11.3 Å². The van der Waals surface area contributed by atoms with E-state index in [1.165, 1.54) is 18.5 Å². The van der Waals surface area contributed by atoms with Crippen molar-refractivity contribution in [2.24, 2.45) is 13.0 Å². The van der Waals surface area contributed by atoms with Crippen LogP contribution in [0.4, 0.5) is 5.95 Å². The SMILES string of the molecule is Cn1ncc(-c2nc(N[C@H]3CC[C@H](n4ccnc4)CC3)ncc2Cl)c1CC1CC1. The van der Waals surface area contributed by atoms with Gasteiger partial charge in [0.15, 0.2) is 0 Å². The van der Waals surface area contributed by atoms with Crippen molar-refractivity contribution in [1.82, 2.24) is 29.3 Å². The summed E-state index contributed by atoms with van der Waals surface area (Å²) < 4.78 is 4.17. The van der Waals surface area contributed by atoms with Crippen molar-refractivity contribution in [1.29, 1.82) is 0 Å². The lowest BCUT2D eigenvalue weighted by atomic mass is 9.91. The van der Waals surface area contributed by atoms with Crippen LogP contribution in [0.2, 0.25) is 5.02 Å². The molecule has 3 aromatic heterocycles. The monoisotopic (exact) mass is 411 g/mol. The molecule has 0 aliphatic heterocycles. The van der Waals surface area contributed by atoms with E-state index >= 15 is 0 Å². The first-order valence-corrected chi connectivity index (χ1v) is 10.8. The summed E-state index contributed by atoms with van der Waals surface area (Å²) in [6.45, 7) is 0. The van der Waals surface area contributed by atoms with Gasteiger partial charge in [-0.1, -0.05) is 11.6 Å². The highest BCUT2D eigenvalue weighted by Gasteiger charge is 2.27. The van der Waals surface area contributed by atoms with Crippen molar-refractivity contribution < 1.29 is 0 Å².